The van der Waals surface area contributed by atoms with Gasteiger partial charge in [0, 0.05) is 55.5 Å². The largest absolute Gasteiger partial charge is 0.347 e. The van der Waals surface area contributed by atoms with E-state index >= 15 is 0 Å². The first-order valence-electron chi connectivity index (χ1n) is 9.11. The lowest BCUT2D eigenvalue weighted by molar-refractivity contribution is -0.128. The molecule has 142 valence electrons. The average Bonchev–Trinajstić information content (AvgIpc) is 2.67. The van der Waals surface area contributed by atoms with Gasteiger partial charge in [0.2, 0.25) is 11.9 Å². The molecule has 1 aliphatic rings. The van der Waals surface area contributed by atoms with Gasteiger partial charge in [-0.2, -0.15) is 0 Å². The number of nitrogens with zero attached hydrogens (tertiary/aromatic N) is 4. The van der Waals surface area contributed by atoms with Gasteiger partial charge in [-0.05, 0) is 37.5 Å². The number of anilines is 1. The van der Waals surface area contributed by atoms with Crippen LogP contribution in [0, 0.1) is 0 Å². The van der Waals surface area contributed by atoms with Gasteiger partial charge < -0.3 is 9.80 Å². The van der Waals surface area contributed by atoms with Crippen molar-refractivity contribution in [3.8, 4) is 11.1 Å². The van der Waals surface area contributed by atoms with E-state index in [-0.39, 0.29) is 11.8 Å². The molecule has 0 atom stereocenters. The van der Waals surface area contributed by atoms with Gasteiger partial charge in [0.1, 0.15) is 0 Å². The van der Waals surface area contributed by atoms with Gasteiger partial charge in [-0.25, -0.2) is 9.97 Å². The summed E-state index contributed by atoms with van der Waals surface area (Å²) < 4.78 is 0. The highest BCUT2D eigenvalue weighted by molar-refractivity contribution is 6.30. The number of benzene rings is 1. The van der Waals surface area contributed by atoms with Crippen LogP contribution in [-0.2, 0) is 4.79 Å². The Kier molecular flexibility index (Phi) is 5.80. The summed E-state index contributed by atoms with van der Waals surface area (Å²) in [6, 6.07) is 7.78. The Labute approximate surface area is 165 Å². The molecular formula is C21H25ClN4O. The molecule has 0 bridgehead atoms. The van der Waals surface area contributed by atoms with Crippen molar-refractivity contribution in [2.45, 2.75) is 25.7 Å². The molecule has 6 heteroatoms. The summed E-state index contributed by atoms with van der Waals surface area (Å²) in [5, 5.41) is 0.692. The van der Waals surface area contributed by atoms with Crippen LogP contribution in [0.15, 0.2) is 42.6 Å². The predicted molar refractivity (Wildman–Crippen MR) is 110 cm³/mol. The van der Waals surface area contributed by atoms with Gasteiger partial charge in [0.15, 0.2) is 0 Å². The van der Waals surface area contributed by atoms with Crippen molar-refractivity contribution in [1.29, 1.82) is 0 Å². The number of halogens is 1. The molecule has 0 unspecified atom stereocenters. The third-order valence-electron chi connectivity index (χ3n) is 4.88. The summed E-state index contributed by atoms with van der Waals surface area (Å²) in [6.45, 7) is 6.96. The van der Waals surface area contributed by atoms with E-state index in [4.69, 9.17) is 16.6 Å². The minimum atomic E-state index is 0.0418. The lowest BCUT2D eigenvalue weighted by Crippen LogP contribution is -2.38. The fraction of sp³-hybridized carbons (Fsp3) is 0.381. The average molecular weight is 385 g/mol. The fourth-order valence-electron chi connectivity index (χ4n) is 3.42. The molecule has 3 rings (SSSR count). The van der Waals surface area contributed by atoms with E-state index in [1.165, 1.54) is 0 Å². The maximum Gasteiger partial charge on any atom is 0.248 e. The minimum absolute atomic E-state index is 0.0418. The van der Waals surface area contributed by atoms with Crippen molar-refractivity contribution in [3.05, 3.63) is 53.3 Å². The van der Waals surface area contributed by atoms with E-state index < -0.39 is 0 Å². The fourth-order valence-corrected chi connectivity index (χ4v) is 3.61. The standard InChI is InChI=1S/C21H25ClN4O/c1-14(2)20(27)26-10-8-15(9-11-26)19-18(13-23-21(24-19)25(3)4)16-6-5-7-17(22)12-16/h5-7,12-13,15H,1,8-11H2,2-4H3. The van der Waals surface area contributed by atoms with Crippen molar-refractivity contribution in [1.82, 2.24) is 14.9 Å². The lowest BCUT2D eigenvalue weighted by Gasteiger charge is -2.33. The predicted octanol–water partition coefficient (Wildman–Crippen LogP) is 4.15. The van der Waals surface area contributed by atoms with Crippen molar-refractivity contribution < 1.29 is 4.79 Å². The number of piperidine rings is 1. The molecule has 5 nitrogen and oxygen atoms in total. The van der Waals surface area contributed by atoms with Crippen LogP contribution in [0.4, 0.5) is 5.95 Å². The van der Waals surface area contributed by atoms with Crippen molar-refractivity contribution in [2.75, 3.05) is 32.1 Å². The first-order valence-corrected chi connectivity index (χ1v) is 9.49. The zero-order chi connectivity index (χ0) is 19.6. The number of hydrogen-bond donors (Lipinski definition) is 0. The smallest absolute Gasteiger partial charge is 0.248 e. The normalized spacial score (nSPS) is 14.9. The molecule has 0 spiro atoms. The number of aromatic nitrogens is 2. The molecular weight excluding hydrogens is 360 g/mol. The number of carbonyl (C=O) groups excluding carboxylic acids is 1. The van der Waals surface area contributed by atoms with E-state index in [1.807, 2.05) is 54.4 Å². The number of hydrogen-bond acceptors (Lipinski definition) is 4. The van der Waals surface area contributed by atoms with Crippen LogP contribution in [0.2, 0.25) is 5.02 Å². The number of rotatable bonds is 4. The van der Waals surface area contributed by atoms with E-state index in [9.17, 15) is 4.79 Å². The van der Waals surface area contributed by atoms with Crippen LogP contribution in [0.3, 0.4) is 0 Å². The third kappa shape index (κ3) is 4.30. The highest BCUT2D eigenvalue weighted by atomic mass is 35.5. The second-order valence-electron chi connectivity index (χ2n) is 7.22. The molecule has 0 N–H and O–H groups in total. The maximum absolute atomic E-state index is 12.2. The first kappa shape index (κ1) is 19.4. The monoisotopic (exact) mass is 384 g/mol. The van der Waals surface area contributed by atoms with Crippen LogP contribution < -0.4 is 4.90 Å². The van der Waals surface area contributed by atoms with Crippen molar-refractivity contribution in [2.24, 2.45) is 0 Å². The van der Waals surface area contributed by atoms with Crippen LogP contribution in [0.5, 0.6) is 0 Å². The van der Waals surface area contributed by atoms with E-state index in [0.29, 0.717) is 29.6 Å². The van der Waals surface area contributed by atoms with Gasteiger partial charge in [-0.1, -0.05) is 30.3 Å². The summed E-state index contributed by atoms with van der Waals surface area (Å²) in [5.41, 5.74) is 3.64. The summed E-state index contributed by atoms with van der Waals surface area (Å²) in [4.78, 5) is 25.3. The van der Waals surface area contributed by atoms with Gasteiger partial charge >= 0.3 is 0 Å². The molecule has 27 heavy (non-hydrogen) atoms. The van der Waals surface area contributed by atoms with E-state index in [1.54, 1.807) is 6.92 Å². The van der Waals surface area contributed by atoms with Crippen LogP contribution in [0.25, 0.3) is 11.1 Å². The zero-order valence-corrected chi connectivity index (χ0v) is 16.8. The first-order chi connectivity index (χ1) is 12.9. The highest BCUT2D eigenvalue weighted by Crippen LogP contribution is 2.35. The third-order valence-corrected chi connectivity index (χ3v) is 5.11. The van der Waals surface area contributed by atoms with Gasteiger partial charge in [-0.3, -0.25) is 4.79 Å². The Morgan fingerprint density at radius 1 is 1.30 bits per heavy atom. The Bertz CT molecular complexity index is 857. The second-order valence-corrected chi connectivity index (χ2v) is 7.66. The van der Waals surface area contributed by atoms with Gasteiger partial charge in [-0.15, -0.1) is 0 Å². The molecule has 1 aromatic carbocycles. The highest BCUT2D eigenvalue weighted by Gasteiger charge is 2.27. The van der Waals surface area contributed by atoms with Crippen LogP contribution in [-0.4, -0.2) is 48.0 Å². The zero-order valence-electron chi connectivity index (χ0n) is 16.1. The summed E-state index contributed by atoms with van der Waals surface area (Å²) in [5.74, 6) is 1.01. The molecule has 2 aromatic rings. The number of likely N-dealkylation sites (tertiary alicyclic amines) is 1. The maximum atomic E-state index is 12.2. The Morgan fingerprint density at radius 2 is 2.00 bits per heavy atom. The minimum Gasteiger partial charge on any atom is -0.347 e. The van der Waals surface area contributed by atoms with Crippen molar-refractivity contribution in [3.63, 3.8) is 0 Å². The lowest BCUT2D eigenvalue weighted by atomic mass is 9.88. The summed E-state index contributed by atoms with van der Waals surface area (Å²) in [7, 11) is 3.87. The Morgan fingerprint density at radius 3 is 2.59 bits per heavy atom. The van der Waals surface area contributed by atoms with E-state index in [0.717, 1.165) is 29.7 Å². The SMILES string of the molecule is C=C(C)C(=O)N1CCC(c2nc(N(C)C)ncc2-c2cccc(Cl)c2)CC1. The molecule has 1 aromatic heterocycles. The number of amides is 1. The molecule has 2 heterocycles. The molecule has 1 aliphatic heterocycles. The van der Waals surface area contributed by atoms with Gasteiger partial charge in [0.25, 0.3) is 0 Å². The second kappa shape index (κ2) is 8.09. The van der Waals surface area contributed by atoms with Crippen LogP contribution in [0.1, 0.15) is 31.4 Å². The summed E-state index contributed by atoms with van der Waals surface area (Å²) >= 11 is 6.20. The van der Waals surface area contributed by atoms with Crippen LogP contribution >= 0.6 is 11.6 Å². The summed E-state index contributed by atoms with van der Waals surface area (Å²) in [6.07, 6.45) is 3.63. The molecule has 0 aliphatic carbocycles. The van der Waals surface area contributed by atoms with Gasteiger partial charge in [0.05, 0.1) is 5.69 Å². The van der Waals surface area contributed by atoms with E-state index in [2.05, 4.69) is 11.6 Å². The number of carbonyl (C=O) groups is 1. The molecule has 0 saturated carbocycles. The quantitative estimate of drug-likeness (QED) is 0.743. The molecule has 0 radical (unpaired) electrons. The Hall–Kier alpha value is -2.40. The topological polar surface area (TPSA) is 49.3 Å². The Balaban J connectivity index is 1.92. The van der Waals surface area contributed by atoms with Crippen molar-refractivity contribution >= 4 is 23.5 Å². The molecule has 1 amide bonds. The molecule has 1 saturated heterocycles. The molecule has 1 fully saturated rings.